The van der Waals surface area contributed by atoms with Gasteiger partial charge >= 0.3 is 6.18 Å². The van der Waals surface area contributed by atoms with Crippen LogP contribution in [0.15, 0.2) is 42.5 Å². The minimum atomic E-state index is -4.45. The first-order valence-electron chi connectivity index (χ1n) is 7.87. The van der Waals surface area contributed by atoms with E-state index in [2.05, 4.69) is 20.2 Å². The lowest BCUT2D eigenvalue weighted by Gasteiger charge is -2.05. The standard InChI is InChI=1S/C18H12F4N4O/c19-12-5-9(8-27)1-3-11(12)14-7-16(26-25-14)17-23-13-4-2-10(18(20,21)22)6-15(13)24-17/h1-7,27H,8H2,(H,23,24)(H,25,26). The predicted molar refractivity (Wildman–Crippen MR) is 90.0 cm³/mol. The number of aromatic nitrogens is 4. The molecule has 4 rings (SSSR count). The number of hydrogen-bond donors (Lipinski definition) is 3. The van der Waals surface area contributed by atoms with Gasteiger partial charge in [0.2, 0.25) is 0 Å². The molecule has 9 heteroatoms. The van der Waals surface area contributed by atoms with Crippen LogP contribution >= 0.6 is 0 Å². The lowest BCUT2D eigenvalue weighted by molar-refractivity contribution is -0.137. The summed E-state index contributed by atoms with van der Waals surface area (Å²) in [4.78, 5) is 7.05. The number of aliphatic hydroxyl groups excluding tert-OH is 1. The number of rotatable bonds is 3. The number of nitrogens with one attached hydrogen (secondary N) is 2. The minimum absolute atomic E-state index is 0.227. The van der Waals surface area contributed by atoms with Crippen LogP contribution in [0.3, 0.4) is 0 Å². The zero-order chi connectivity index (χ0) is 19.2. The molecule has 0 bridgehead atoms. The Labute approximate surface area is 149 Å². The van der Waals surface area contributed by atoms with Gasteiger partial charge in [-0.05, 0) is 42.0 Å². The Bertz CT molecular complexity index is 1130. The number of imidazole rings is 1. The number of aromatic amines is 2. The van der Waals surface area contributed by atoms with E-state index >= 15 is 0 Å². The summed E-state index contributed by atoms with van der Waals surface area (Å²) in [7, 11) is 0. The molecule has 0 aliphatic rings. The fraction of sp³-hybridized carbons (Fsp3) is 0.111. The van der Waals surface area contributed by atoms with E-state index in [1.807, 2.05) is 0 Å². The van der Waals surface area contributed by atoms with Crippen LogP contribution < -0.4 is 0 Å². The van der Waals surface area contributed by atoms with Gasteiger partial charge in [-0.15, -0.1) is 0 Å². The van der Waals surface area contributed by atoms with Crippen LogP contribution in [-0.4, -0.2) is 25.3 Å². The molecule has 5 nitrogen and oxygen atoms in total. The van der Waals surface area contributed by atoms with Crippen LogP contribution in [0.5, 0.6) is 0 Å². The van der Waals surface area contributed by atoms with Crippen LogP contribution in [-0.2, 0) is 12.8 Å². The van der Waals surface area contributed by atoms with Crippen molar-refractivity contribution in [3.63, 3.8) is 0 Å². The summed E-state index contributed by atoms with van der Waals surface area (Å²) in [6.45, 7) is -0.276. The first-order valence-corrected chi connectivity index (χ1v) is 7.87. The van der Waals surface area contributed by atoms with Crippen molar-refractivity contribution < 1.29 is 22.7 Å². The molecule has 0 unspecified atom stereocenters. The van der Waals surface area contributed by atoms with Gasteiger partial charge in [0.15, 0.2) is 5.82 Å². The summed E-state index contributed by atoms with van der Waals surface area (Å²) in [5.41, 5.74) is 1.20. The van der Waals surface area contributed by atoms with Crippen molar-refractivity contribution in [1.29, 1.82) is 0 Å². The molecule has 0 saturated heterocycles. The lowest BCUT2D eigenvalue weighted by Crippen LogP contribution is -2.04. The molecule has 0 spiro atoms. The summed E-state index contributed by atoms with van der Waals surface area (Å²) in [6, 6.07) is 9.05. The van der Waals surface area contributed by atoms with Crippen LogP contribution in [0.25, 0.3) is 33.8 Å². The molecule has 27 heavy (non-hydrogen) atoms. The Kier molecular flexibility index (Phi) is 3.96. The normalized spacial score (nSPS) is 12.0. The maximum absolute atomic E-state index is 14.2. The molecule has 0 atom stereocenters. The van der Waals surface area contributed by atoms with E-state index in [9.17, 15) is 17.6 Å². The number of nitrogens with zero attached hydrogens (tertiary/aromatic N) is 2. The number of aliphatic hydroxyl groups is 1. The van der Waals surface area contributed by atoms with E-state index in [-0.39, 0.29) is 23.5 Å². The lowest BCUT2D eigenvalue weighted by atomic mass is 10.1. The topological polar surface area (TPSA) is 77.6 Å². The van der Waals surface area contributed by atoms with Crippen molar-refractivity contribution in [3.8, 4) is 22.8 Å². The van der Waals surface area contributed by atoms with Crippen molar-refractivity contribution in [2.24, 2.45) is 0 Å². The van der Waals surface area contributed by atoms with Crippen molar-refractivity contribution >= 4 is 11.0 Å². The van der Waals surface area contributed by atoms with Gasteiger partial charge in [0.25, 0.3) is 0 Å². The summed E-state index contributed by atoms with van der Waals surface area (Å²) in [5, 5.41) is 15.8. The second-order valence-electron chi connectivity index (χ2n) is 5.95. The van der Waals surface area contributed by atoms with Gasteiger partial charge in [0.1, 0.15) is 11.5 Å². The molecule has 0 aliphatic heterocycles. The highest BCUT2D eigenvalue weighted by Gasteiger charge is 2.30. The largest absolute Gasteiger partial charge is 0.416 e. The molecule has 0 aliphatic carbocycles. The van der Waals surface area contributed by atoms with Gasteiger partial charge in [0.05, 0.1) is 28.9 Å². The number of halogens is 4. The number of alkyl halides is 3. The third kappa shape index (κ3) is 3.17. The summed E-state index contributed by atoms with van der Waals surface area (Å²) < 4.78 is 52.6. The smallest absolute Gasteiger partial charge is 0.392 e. The van der Waals surface area contributed by atoms with Crippen molar-refractivity contribution in [1.82, 2.24) is 20.2 Å². The van der Waals surface area contributed by atoms with Crippen LogP contribution in [0, 0.1) is 5.82 Å². The molecule has 2 aromatic carbocycles. The summed E-state index contributed by atoms with van der Waals surface area (Å²) in [6.07, 6.45) is -4.45. The molecule has 4 aromatic rings. The number of hydrogen-bond acceptors (Lipinski definition) is 3. The molecule has 138 valence electrons. The van der Waals surface area contributed by atoms with Crippen molar-refractivity contribution in [3.05, 3.63) is 59.4 Å². The minimum Gasteiger partial charge on any atom is -0.392 e. The number of benzene rings is 2. The van der Waals surface area contributed by atoms with Gasteiger partial charge in [-0.2, -0.15) is 18.3 Å². The average molecular weight is 376 g/mol. The number of H-pyrrole nitrogens is 2. The van der Waals surface area contributed by atoms with Gasteiger partial charge in [-0.3, -0.25) is 5.10 Å². The number of fused-ring (bicyclic) bond motifs is 1. The average Bonchev–Trinajstić information content (AvgIpc) is 3.26. The Balaban J connectivity index is 1.71. The molecule has 0 radical (unpaired) electrons. The SMILES string of the molecule is OCc1ccc(-c2cc(-c3nc4ccc(C(F)(F)F)cc4[nH]3)[nH]n2)c(F)c1. The Morgan fingerprint density at radius 1 is 1.04 bits per heavy atom. The maximum atomic E-state index is 14.2. The van der Waals surface area contributed by atoms with E-state index in [1.165, 1.54) is 18.2 Å². The monoisotopic (exact) mass is 376 g/mol. The van der Waals surface area contributed by atoms with Crippen LogP contribution in [0.1, 0.15) is 11.1 Å². The van der Waals surface area contributed by atoms with Crippen molar-refractivity contribution in [2.45, 2.75) is 12.8 Å². The van der Waals surface area contributed by atoms with Gasteiger partial charge in [-0.1, -0.05) is 6.07 Å². The first kappa shape index (κ1) is 17.2. The Morgan fingerprint density at radius 3 is 2.56 bits per heavy atom. The highest BCUT2D eigenvalue weighted by molar-refractivity contribution is 5.80. The van der Waals surface area contributed by atoms with E-state index in [1.54, 1.807) is 12.1 Å². The second-order valence-corrected chi connectivity index (χ2v) is 5.95. The molecule has 0 saturated carbocycles. The fourth-order valence-corrected chi connectivity index (χ4v) is 2.76. The van der Waals surface area contributed by atoms with Gasteiger partial charge < -0.3 is 10.1 Å². The molecule has 0 amide bonds. The van der Waals surface area contributed by atoms with Crippen molar-refractivity contribution in [2.75, 3.05) is 0 Å². The highest BCUT2D eigenvalue weighted by Crippen LogP contribution is 2.32. The zero-order valence-corrected chi connectivity index (χ0v) is 13.6. The third-order valence-corrected chi connectivity index (χ3v) is 4.13. The van der Waals surface area contributed by atoms with E-state index in [0.29, 0.717) is 22.5 Å². The first-order chi connectivity index (χ1) is 12.8. The Hall–Kier alpha value is -3.20. The molecular formula is C18H12F4N4O. The van der Waals surface area contributed by atoms with Gasteiger partial charge in [-0.25, -0.2) is 9.37 Å². The molecule has 2 heterocycles. The maximum Gasteiger partial charge on any atom is 0.416 e. The van der Waals surface area contributed by atoms with E-state index < -0.39 is 17.6 Å². The Morgan fingerprint density at radius 2 is 1.85 bits per heavy atom. The zero-order valence-electron chi connectivity index (χ0n) is 13.6. The molecule has 0 fully saturated rings. The van der Waals surface area contributed by atoms with E-state index in [4.69, 9.17) is 5.11 Å². The predicted octanol–water partition coefficient (Wildman–Crippen LogP) is 4.27. The van der Waals surface area contributed by atoms with Gasteiger partial charge in [0, 0.05) is 5.56 Å². The summed E-state index contributed by atoms with van der Waals surface area (Å²) in [5.74, 6) is -0.255. The van der Waals surface area contributed by atoms with E-state index in [0.717, 1.165) is 12.1 Å². The quantitative estimate of drug-likeness (QED) is 0.467. The second kappa shape index (κ2) is 6.20. The van der Waals surface area contributed by atoms with Crippen LogP contribution in [0.4, 0.5) is 17.6 Å². The molecule has 2 aromatic heterocycles. The summed E-state index contributed by atoms with van der Waals surface area (Å²) >= 11 is 0. The third-order valence-electron chi connectivity index (χ3n) is 4.13. The molecular weight excluding hydrogens is 364 g/mol. The molecule has 3 N–H and O–H groups in total. The highest BCUT2D eigenvalue weighted by atomic mass is 19.4. The van der Waals surface area contributed by atoms with Crippen LogP contribution in [0.2, 0.25) is 0 Å². The fourth-order valence-electron chi connectivity index (χ4n) is 2.76.